The summed E-state index contributed by atoms with van der Waals surface area (Å²) >= 11 is 0. The molecule has 0 rings (SSSR count). The number of carbonyl (C=O) groups is 1. The second-order valence-electron chi connectivity index (χ2n) is 8.32. The number of carbonyl (C=O) groups excluding carboxylic acids is 1. The van der Waals surface area contributed by atoms with Crippen molar-refractivity contribution in [1.82, 2.24) is 0 Å². The topological polar surface area (TPSA) is 55.8 Å². The minimum absolute atomic E-state index is 0.0335. The molecule has 0 bridgehead atoms. The van der Waals surface area contributed by atoms with Crippen LogP contribution in [0.4, 0.5) is 0 Å². The summed E-state index contributed by atoms with van der Waals surface area (Å²) in [5.74, 6) is -0.154. The third-order valence-corrected chi connectivity index (χ3v) is 5.04. The van der Waals surface area contributed by atoms with Gasteiger partial charge in [0.1, 0.15) is 6.61 Å². The number of ether oxygens (including phenoxy) is 2. The fraction of sp³-hybridized carbons (Fsp3) is 0.957. The van der Waals surface area contributed by atoms with Crippen LogP contribution in [0.15, 0.2) is 0 Å². The molecule has 0 aliphatic rings. The highest BCUT2D eigenvalue weighted by atomic mass is 16.5. The fourth-order valence-corrected chi connectivity index (χ4v) is 2.99. The highest BCUT2D eigenvalue weighted by Crippen LogP contribution is 2.18. The van der Waals surface area contributed by atoms with Crippen molar-refractivity contribution in [1.29, 1.82) is 0 Å². The normalized spacial score (nSPS) is 13.5. The van der Waals surface area contributed by atoms with Gasteiger partial charge in [0.05, 0.1) is 13.2 Å². The molecule has 27 heavy (non-hydrogen) atoms. The third kappa shape index (κ3) is 17.2. The molecule has 4 heteroatoms. The molecular formula is C23H46O4. The maximum Gasteiger partial charge on any atom is 0.305 e. The number of aliphatic hydroxyl groups is 1. The molecule has 4 nitrogen and oxygen atoms in total. The Morgan fingerprint density at radius 2 is 1.30 bits per heavy atom. The van der Waals surface area contributed by atoms with Crippen LogP contribution in [0.5, 0.6) is 0 Å². The van der Waals surface area contributed by atoms with E-state index in [1.165, 1.54) is 64.2 Å². The van der Waals surface area contributed by atoms with Crippen LogP contribution in [-0.4, -0.2) is 37.5 Å². The lowest BCUT2D eigenvalue weighted by atomic mass is 9.94. The van der Waals surface area contributed by atoms with Gasteiger partial charge in [0.2, 0.25) is 0 Å². The van der Waals surface area contributed by atoms with E-state index in [1.54, 1.807) is 0 Å². The average Bonchev–Trinajstić information content (AvgIpc) is 2.68. The SMILES string of the molecule is CCCCCCCCCC(=O)OCC(C)(CO)COCCCCCCCC. The van der Waals surface area contributed by atoms with Crippen LogP contribution in [0.3, 0.4) is 0 Å². The molecule has 1 atom stereocenters. The first-order valence-corrected chi connectivity index (χ1v) is 11.4. The van der Waals surface area contributed by atoms with E-state index < -0.39 is 5.41 Å². The molecule has 0 aromatic carbocycles. The van der Waals surface area contributed by atoms with Crippen molar-refractivity contribution >= 4 is 5.97 Å². The molecule has 1 unspecified atom stereocenters. The zero-order valence-corrected chi connectivity index (χ0v) is 18.4. The molecule has 0 amide bonds. The molecule has 0 spiro atoms. The number of hydrogen-bond acceptors (Lipinski definition) is 4. The molecular weight excluding hydrogens is 340 g/mol. The van der Waals surface area contributed by atoms with Gasteiger partial charge in [0, 0.05) is 18.4 Å². The molecule has 162 valence electrons. The largest absolute Gasteiger partial charge is 0.465 e. The van der Waals surface area contributed by atoms with Gasteiger partial charge < -0.3 is 14.6 Å². The first kappa shape index (κ1) is 26.4. The number of aliphatic hydroxyl groups excluding tert-OH is 1. The van der Waals surface area contributed by atoms with E-state index in [0.717, 1.165) is 19.3 Å². The van der Waals surface area contributed by atoms with Crippen molar-refractivity contribution in [2.24, 2.45) is 5.41 Å². The Hall–Kier alpha value is -0.610. The first-order chi connectivity index (χ1) is 13.1. The molecule has 0 aromatic heterocycles. The monoisotopic (exact) mass is 386 g/mol. The second kappa shape index (κ2) is 18.7. The van der Waals surface area contributed by atoms with E-state index in [9.17, 15) is 9.90 Å². The first-order valence-electron chi connectivity index (χ1n) is 11.4. The summed E-state index contributed by atoms with van der Waals surface area (Å²) in [6, 6.07) is 0. The lowest BCUT2D eigenvalue weighted by Gasteiger charge is -2.26. The van der Waals surface area contributed by atoms with Crippen LogP contribution in [0, 0.1) is 5.41 Å². The molecule has 0 saturated carbocycles. The zero-order chi connectivity index (χ0) is 20.2. The molecule has 0 aromatic rings. The Balaban J connectivity index is 3.69. The van der Waals surface area contributed by atoms with Crippen molar-refractivity contribution in [3.63, 3.8) is 0 Å². The maximum atomic E-state index is 11.9. The highest BCUT2D eigenvalue weighted by Gasteiger charge is 2.26. The Bertz CT molecular complexity index is 332. The molecule has 1 N–H and O–H groups in total. The van der Waals surface area contributed by atoms with Crippen molar-refractivity contribution in [2.45, 2.75) is 111 Å². The van der Waals surface area contributed by atoms with Gasteiger partial charge in [-0.15, -0.1) is 0 Å². The van der Waals surface area contributed by atoms with Crippen LogP contribution in [0.2, 0.25) is 0 Å². The third-order valence-electron chi connectivity index (χ3n) is 5.04. The van der Waals surface area contributed by atoms with Crippen LogP contribution in [0.25, 0.3) is 0 Å². The Morgan fingerprint density at radius 3 is 1.85 bits per heavy atom. The van der Waals surface area contributed by atoms with Crippen molar-refractivity contribution in [2.75, 3.05) is 26.4 Å². The van der Waals surface area contributed by atoms with Crippen molar-refractivity contribution < 1.29 is 19.4 Å². The number of rotatable bonds is 20. The van der Waals surface area contributed by atoms with E-state index in [2.05, 4.69) is 13.8 Å². The molecule has 0 heterocycles. The lowest BCUT2D eigenvalue weighted by Crippen LogP contribution is -2.34. The summed E-state index contributed by atoms with van der Waals surface area (Å²) in [5.41, 5.74) is -0.502. The van der Waals surface area contributed by atoms with E-state index in [-0.39, 0.29) is 19.2 Å². The molecule has 0 fully saturated rings. The number of hydrogen-bond donors (Lipinski definition) is 1. The predicted molar refractivity (Wildman–Crippen MR) is 113 cm³/mol. The lowest BCUT2D eigenvalue weighted by molar-refractivity contribution is -0.149. The summed E-state index contributed by atoms with van der Waals surface area (Å²) in [7, 11) is 0. The van der Waals surface area contributed by atoms with Gasteiger partial charge in [0.15, 0.2) is 0 Å². The Morgan fingerprint density at radius 1 is 0.778 bits per heavy atom. The second-order valence-corrected chi connectivity index (χ2v) is 8.32. The van der Waals surface area contributed by atoms with E-state index in [1.807, 2.05) is 6.92 Å². The van der Waals surface area contributed by atoms with Crippen LogP contribution < -0.4 is 0 Å². The van der Waals surface area contributed by atoms with Gasteiger partial charge in [0.25, 0.3) is 0 Å². The summed E-state index contributed by atoms with van der Waals surface area (Å²) in [6.07, 6.45) is 16.2. The maximum absolute atomic E-state index is 11.9. The van der Waals surface area contributed by atoms with E-state index in [0.29, 0.717) is 19.6 Å². The van der Waals surface area contributed by atoms with Crippen LogP contribution in [-0.2, 0) is 14.3 Å². The predicted octanol–water partition coefficient (Wildman–Crippen LogP) is 6.05. The molecule has 0 aliphatic heterocycles. The van der Waals surface area contributed by atoms with Gasteiger partial charge in [-0.3, -0.25) is 4.79 Å². The minimum atomic E-state index is -0.502. The zero-order valence-electron chi connectivity index (χ0n) is 18.4. The Labute approximate surface area is 168 Å². The minimum Gasteiger partial charge on any atom is -0.465 e. The summed E-state index contributed by atoms with van der Waals surface area (Å²) in [4.78, 5) is 11.9. The summed E-state index contributed by atoms with van der Waals surface area (Å²) < 4.78 is 11.1. The summed E-state index contributed by atoms with van der Waals surface area (Å²) in [5, 5.41) is 9.64. The number of unbranched alkanes of at least 4 members (excludes halogenated alkanes) is 11. The smallest absolute Gasteiger partial charge is 0.305 e. The van der Waals surface area contributed by atoms with Gasteiger partial charge in [-0.05, 0) is 12.8 Å². The summed E-state index contributed by atoms with van der Waals surface area (Å²) in [6.45, 7) is 7.70. The average molecular weight is 387 g/mol. The quantitative estimate of drug-likeness (QED) is 0.204. The standard InChI is InChI=1S/C23H46O4/c1-4-6-8-10-12-13-15-17-22(25)27-21-23(3,19-24)20-26-18-16-14-11-9-7-5-2/h24H,4-21H2,1-3H3. The fourth-order valence-electron chi connectivity index (χ4n) is 2.99. The van der Waals surface area contributed by atoms with Crippen LogP contribution in [0.1, 0.15) is 111 Å². The van der Waals surface area contributed by atoms with Gasteiger partial charge in [-0.1, -0.05) is 91.4 Å². The number of esters is 1. The molecule has 0 saturated heterocycles. The van der Waals surface area contributed by atoms with Gasteiger partial charge in [-0.25, -0.2) is 0 Å². The van der Waals surface area contributed by atoms with E-state index in [4.69, 9.17) is 9.47 Å². The van der Waals surface area contributed by atoms with Gasteiger partial charge >= 0.3 is 5.97 Å². The highest BCUT2D eigenvalue weighted by molar-refractivity contribution is 5.69. The Kier molecular flexibility index (Phi) is 18.3. The van der Waals surface area contributed by atoms with E-state index >= 15 is 0 Å². The van der Waals surface area contributed by atoms with Gasteiger partial charge in [-0.2, -0.15) is 0 Å². The van der Waals surface area contributed by atoms with Crippen molar-refractivity contribution in [3.05, 3.63) is 0 Å². The van der Waals surface area contributed by atoms with Crippen LogP contribution >= 0.6 is 0 Å². The molecule has 0 radical (unpaired) electrons. The molecule has 0 aliphatic carbocycles. The van der Waals surface area contributed by atoms with Crippen molar-refractivity contribution in [3.8, 4) is 0 Å².